The smallest absolute Gasteiger partial charge is 0.419 e. The summed E-state index contributed by atoms with van der Waals surface area (Å²) in [5, 5.41) is 14.0. The summed E-state index contributed by atoms with van der Waals surface area (Å²) in [6.07, 6.45) is -11.8. The molecule has 13 heteroatoms. The van der Waals surface area contributed by atoms with Crippen LogP contribution in [0.5, 0.6) is 0 Å². The third-order valence-electron chi connectivity index (χ3n) is 2.73. The minimum atomic E-state index is -5.92. The van der Waals surface area contributed by atoms with Gasteiger partial charge in [-0.2, -0.15) is 26.3 Å². The zero-order chi connectivity index (χ0) is 17.7. The number of hydrogen-bond donors (Lipinski definition) is 1. The van der Waals surface area contributed by atoms with Crippen LogP contribution in [0.4, 0.5) is 35.1 Å². The van der Waals surface area contributed by atoms with Crippen LogP contribution in [0.2, 0.25) is 0 Å². The fourth-order valence-corrected chi connectivity index (χ4v) is 1.84. The van der Waals surface area contributed by atoms with Crippen molar-refractivity contribution in [2.24, 2.45) is 0 Å². The van der Waals surface area contributed by atoms with Gasteiger partial charge >= 0.3 is 18.3 Å². The van der Waals surface area contributed by atoms with Gasteiger partial charge in [0.25, 0.3) is 0 Å². The van der Waals surface area contributed by atoms with Gasteiger partial charge in [-0.3, -0.25) is 0 Å². The Kier molecular flexibility index (Phi) is 3.69. The second-order valence-corrected chi connectivity index (χ2v) is 4.24. The second-order valence-electron chi connectivity index (χ2n) is 4.24. The summed E-state index contributed by atoms with van der Waals surface area (Å²) in [5.74, 6) is -6.35. The van der Waals surface area contributed by atoms with Crippen molar-refractivity contribution in [3.63, 3.8) is 0 Å². The summed E-state index contributed by atoms with van der Waals surface area (Å²) in [7, 11) is 0. The van der Waals surface area contributed by atoms with E-state index in [1.807, 2.05) is 0 Å². The van der Waals surface area contributed by atoms with Gasteiger partial charge in [-0.05, 0) is 6.07 Å². The molecule has 2 aromatic rings. The lowest BCUT2D eigenvalue weighted by molar-refractivity contribution is -0.276. The summed E-state index contributed by atoms with van der Waals surface area (Å²) >= 11 is 0. The Morgan fingerprint density at radius 1 is 1.09 bits per heavy atom. The first kappa shape index (κ1) is 16.9. The molecule has 0 atom stereocenters. The highest BCUT2D eigenvalue weighted by Gasteiger charge is 2.59. The van der Waals surface area contributed by atoms with E-state index in [-0.39, 0.29) is 6.07 Å². The second kappa shape index (κ2) is 5.03. The Morgan fingerprint density at radius 3 is 2.04 bits per heavy atom. The fourth-order valence-electron chi connectivity index (χ4n) is 1.84. The van der Waals surface area contributed by atoms with Gasteiger partial charge in [0.05, 0.1) is 0 Å². The van der Waals surface area contributed by atoms with Crippen LogP contribution in [0.3, 0.4) is 0 Å². The lowest BCUT2D eigenvalue weighted by Gasteiger charge is -2.23. The van der Waals surface area contributed by atoms with Crippen molar-refractivity contribution in [1.82, 2.24) is 15.0 Å². The number of hydrogen-bond acceptors (Lipinski definition) is 3. The maximum Gasteiger partial charge on any atom is 0.419 e. The Morgan fingerprint density at radius 2 is 1.61 bits per heavy atom. The first-order valence-electron chi connectivity index (χ1n) is 5.45. The van der Waals surface area contributed by atoms with Gasteiger partial charge in [-0.1, -0.05) is 5.21 Å². The van der Waals surface area contributed by atoms with Gasteiger partial charge in [-0.15, -0.1) is 5.10 Å². The minimum absolute atomic E-state index is 0.281. The number of rotatable bonds is 2. The van der Waals surface area contributed by atoms with Gasteiger partial charge in [-0.25, -0.2) is 18.3 Å². The number of fused-ring (bicyclic) bond motifs is 1. The van der Waals surface area contributed by atoms with Crippen molar-refractivity contribution < 1.29 is 45.0 Å². The molecule has 1 aromatic carbocycles. The van der Waals surface area contributed by atoms with Crippen molar-refractivity contribution in [1.29, 1.82) is 0 Å². The quantitative estimate of drug-likeness (QED) is 0.847. The van der Waals surface area contributed by atoms with E-state index in [1.165, 1.54) is 0 Å². The lowest BCUT2D eigenvalue weighted by Crippen LogP contribution is -2.39. The molecule has 23 heavy (non-hydrogen) atoms. The molecule has 0 radical (unpaired) electrons. The summed E-state index contributed by atoms with van der Waals surface area (Å²) in [5.41, 5.74) is -3.83. The van der Waals surface area contributed by atoms with Crippen LogP contribution in [0.1, 0.15) is 16.4 Å². The van der Waals surface area contributed by atoms with E-state index >= 15 is 0 Å². The summed E-state index contributed by atoms with van der Waals surface area (Å²) in [6.45, 7) is 0. The molecule has 0 bridgehead atoms. The number of halogens is 8. The molecule has 0 amide bonds. The first-order valence-corrected chi connectivity index (χ1v) is 5.45. The number of carboxylic acid groups (broad SMARTS) is 1. The van der Waals surface area contributed by atoms with E-state index in [0.717, 1.165) is 0 Å². The molecule has 5 nitrogen and oxygen atoms in total. The topological polar surface area (TPSA) is 68.0 Å². The molecule has 1 N–H and O–H groups in total. The number of alkyl halides is 6. The zero-order valence-corrected chi connectivity index (χ0v) is 10.4. The van der Waals surface area contributed by atoms with Crippen LogP contribution in [-0.2, 0) is 0 Å². The van der Waals surface area contributed by atoms with Crippen LogP contribution in [0, 0.1) is 11.6 Å². The SMILES string of the molecule is O=C(O)c1cc2nnn(C(C(F)(F)F)C(F)(F)F)c2c(F)c1F. The number of carboxylic acids is 1. The first-order chi connectivity index (χ1) is 10.4. The van der Waals surface area contributed by atoms with Gasteiger partial charge in [0.1, 0.15) is 16.6 Å². The fraction of sp³-hybridized carbons (Fsp3) is 0.300. The molecular weight excluding hydrogens is 346 g/mol. The van der Waals surface area contributed by atoms with E-state index < -0.39 is 57.3 Å². The van der Waals surface area contributed by atoms with Crippen LogP contribution >= 0.6 is 0 Å². The molecular formula is C10H3F8N3O2. The Labute approximate surface area is 120 Å². The average molecular weight is 349 g/mol. The number of aromatic carboxylic acids is 1. The van der Waals surface area contributed by atoms with Gasteiger partial charge in [0.15, 0.2) is 11.6 Å². The lowest BCUT2D eigenvalue weighted by atomic mass is 10.1. The van der Waals surface area contributed by atoms with Crippen molar-refractivity contribution in [2.45, 2.75) is 18.4 Å². The number of benzene rings is 1. The van der Waals surface area contributed by atoms with E-state index in [2.05, 4.69) is 10.3 Å². The summed E-state index contributed by atoms with van der Waals surface area (Å²) in [6, 6.07) is -3.99. The predicted molar refractivity (Wildman–Crippen MR) is 55.6 cm³/mol. The average Bonchev–Trinajstić information content (AvgIpc) is 2.73. The van der Waals surface area contributed by atoms with E-state index in [4.69, 9.17) is 5.11 Å². The van der Waals surface area contributed by atoms with E-state index in [1.54, 1.807) is 0 Å². The molecule has 0 spiro atoms. The van der Waals surface area contributed by atoms with E-state index in [0.29, 0.717) is 0 Å². The molecule has 1 heterocycles. The molecule has 1 aromatic heterocycles. The maximum absolute atomic E-state index is 13.8. The molecule has 2 rings (SSSR count). The van der Waals surface area contributed by atoms with Crippen LogP contribution in [-0.4, -0.2) is 38.4 Å². The largest absolute Gasteiger partial charge is 0.478 e. The Hall–Kier alpha value is -2.47. The molecule has 0 aliphatic carbocycles. The summed E-state index contributed by atoms with van der Waals surface area (Å²) in [4.78, 5) is 10.7. The monoisotopic (exact) mass is 349 g/mol. The molecule has 0 saturated carbocycles. The Bertz CT molecular complexity index is 765. The van der Waals surface area contributed by atoms with Crippen molar-refractivity contribution >= 4 is 17.0 Å². The van der Waals surface area contributed by atoms with E-state index in [9.17, 15) is 39.9 Å². The maximum atomic E-state index is 13.8. The molecule has 0 aliphatic heterocycles. The third-order valence-corrected chi connectivity index (χ3v) is 2.73. The highest BCUT2D eigenvalue weighted by molar-refractivity contribution is 5.92. The molecule has 0 saturated heterocycles. The number of nitrogens with zero attached hydrogens (tertiary/aromatic N) is 3. The van der Waals surface area contributed by atoms with Gasteiger partial charge in [0, 0.05) is 0 Å². The number of carbonyl (C=O) groups is 1. The summed E-state index contributed by atoms with van der Waals surface area (Å²) < 4.78 is 102. The minimum Gasteiger partial charge on any atom is -0.478 e. The molecule has 126 valence electrons. The number of aromatic nitrogens is 3. The highest BCUT2D eigenvalue weighted by Crippen LogP contribution is 2.44. The van der Waals surface area contributed by atoms with Crippen molar-refractivity contribution in [3.8, 4) is 0 Å². The normalized spacial score (nSPS) is 13.1. The molecule has 0 aliphatic rings. The van der Waals surface area contributed by atoms with Crippen molar-refractivity contribution in [3.05, 3.63) is 23.3 Å². The van der Waals surface area contributed by atoms with Crippen LogP contribution in [0.15, 0.2) is 6.07 Å². The standard InChI is InChI=1S/C10H3F8N3O2/c11-4-2(7(22)23)1-3-6(5(4)12)21(20-19-3)8(9(13,14)15)10(16,17)18/h1,8H,(H,22,23). The third kappa shape index (κ3) is 2.77. The molecule has 0 fully saturated rings. The van der Waals surface area contributed by atoms with Gasteiger partial charge < -0.3 is 5.11 Å². The molecule has 0 unspecified atom stereocenters. The highest BCUT2D eigenvalue weighted by atomic mass is 19.4. The van der Waals surface area contributed by atoms with Gasteiger partial charge in [0.2, 0.25) is 6.04 Å². The van der Waals surface area contributed by atoms with Crippen LogP contribution in [0.25, 0.3) is 11.0 Å². The zero-order valence-electron chi connectivity index (χ0n) is 10.4. The van der Waals surface area contributed by atoms with Crippen molar-refractivity contribution in [2.75, 3.05) is 0 Å². The Balaban J connectivity index is 2.82. The van der Waals surface area contributed by atoms with Crippen LogP contribution < -0.4 is 0 Å². The predicted octanol–water partition coefficient (Wildman–Crippen LogP) is 3.07.